The summed E-state index contributed by atoms with van der Waals surface area (Å²) >= 11 is 0. The summed E-state index contributed by atoms with van der Waals surface area (Å²) in [5.41, 5.74) is 0. The molecule has 0 bridgehead atoms. The predicted molar refractivity (Wildman–Crippen MR) is 150 cm³/mol. The molecule has 0 aromatic rings. The van der Waals surface area contributed by atoms with E-state index in [0.29, 0.717) is 19.6 Å². The van der Waals surface area contributed by atoms with Gasteiger partial charge in [-0.1, -0.05) is 128 Å². The summed E-state index contributed by atoms with van der Waals surface area (Å²) in [5, 5.41) is 0. The van der Waals surface area contributed by atoms with Gasteiger partial charge in [0.25, 0.3) is 0 Å². The molecule has 0 N–H and O–H groups in total. The number of ether oxygens (including phenoxy) is 2. The molecule has 0 aromatic heterocycles. The molecule has 0 saturated heterocycles. The van der Waals surface area contributed by atoms with Gasteiger partial charge in [-0.15, -0.1) is 0 Å². The van der Waals surface area contributed by atoms with Crippen molar-refractivity contribution in [2.45, 2.75) is 155 Å². The molecule has 0 aromatic carbocycles. The topological polar surface area (TPSA) is 35.5 Å². The Bertz CT molecular complexity index is 561. The van der Waals surface area contributed by atoms with E-state index in [9.17, 15) is 4.79 Å². The normalized spacial score (nSPS) is 10.3. The molecular formula is C32H56O3. The second-order valence-electron chi connectivity index (χ2n) is 9.78. The summed E-state index contributed by atoms with van der Waals surface area (Å²) in [6, 6.07) is 0. The Kier molecular flexibility index (Phi) is 29.3. The van der Waals surface area contributed by atoms with E-state index in [-0.39, 0.29) is 5.97 Å². The molecule has 3 heteroatoms. The van der Waals surface area contributed by atoms with E-state index >= 15 is 0 Å². The number of unbranched alkanes of at least 4 members (excludes halogenated alkanes) is 20. The Hall–Kier alpha value is -1.45. The first kappa shape index (κ1) is 33.5. The smallest absolute Gasteiger partial charge is 0.305 e. The van der Waals surface area contributed by atoms with E-state index in [1.165, 1.54) is 116 Å². The van der Waals surface area contributed by atoms with Crippen LogP contribution in [-0.4, -0.2) is 26.3 Å². The first-order valence-electron chi connectivity index (χ1n) is 14.9. The van der Waals surface area contributed by atoms with Crippen molar-refractivity contribution in [2.24, 2.45) is 0 Å². The Balaban J connectivity index is 3.26. The van der Waals surface area contributed by atoms with Gasteiger partial charge in [0.1, 0.15) is 6.61 Å². The van der Waals surface area contributed by atoms with Gasteiger partial charge < -0.3 is 9.47 Å². The van der Waals surface area contributed by atoms with Crippen LogP contribution in [0.3, 0.4) is 0 Å². The van der Waals surface area contributed by atoms with Crippen LogP contribution in [0.4, 0.5) is 0 Å². The average molecular weight is 489 g/mol. The standard InChI is InChI=1S/C32H56O3/c1-3-4-5-6-7-8-9-10-11-12-13-14-15-16-17-18-19-20-21-22-23-24-25-26-27-28-29-32(33)35-31-30-34-2/h3-15,20-31H2,1-2H3. The van der Waals surface area contributed by atoms with Crippen molar-refractivity contribution in [1.29, 1.82) is 0 Å². The number of methoxy groups -OCH3 is 1. The fourth-order valence-electron chi connectivity index (χ4n) is 4.12. The Morgan fingerprint density at radius 2 is 0.943 bits per heavy atom. The number of rotatable bonds is 25. The molecular weight excluding hydrogens is 432 g/mol. The summed E-state index contributed by atoms with van der Waals surface area (Å²) in [7, 11) is 1.61. The first-order chi connectivity index (χ1) is 17.3. The van der Waals surface area contributed by atoms with Crippen molar-refractivity contribution in [3.05, 3.63) is 0 Å². The minimum atomic E-state index is -0.0998. The molecule has 35 heavy (non-hydrogen) atoms. The van der Waals surface area contributed by atoms with E-state index in [4.69, 9.17) is 9.47 Å². The summed E-state index contributed by atoms with van der Waals surface area (Å²) < 4.78 is 9.92. The maximum atomic E-state index is 11.5. The largest absolute Gasteiger partial charge is 0.463 e. The van der Waals surface area contributed by atoms with Gasteiger partial charge in [0.15, 0.2) is 0 Å². The number of esters is 1. The minimum absolute atomic E-state index is 0.0998. The zero-order valence-corrected chi connectivity index (χ0v) is 23.4. The highest BCUT2D eigenvalue weighted by Crippen LogP contribution is 2.13. The Labute approximate surface area is 218 Å². The van der Waals surface area contributed by atoms with Gasteiger partial charge in [0.2, 0.25) is 0 Å². The monoisotopic (exact) mass is 488 g/mol. The summed E-state index contributed by atoms with van der Waals surface area (Å²) in [5.74, 6) is 12.4. The second-order valence-corrected chi connectivity index (χ2v) is 9.78. The summed E-state index contributed by atoms with van der Waals surface area (Å²) in [4.78, 5) is 11.5. The van der Waals surface area contributed by atoms with Crippen LogP contribution in [0, 0.1) is 23.7 Å². The molecule has 0 amide bonds. The van der Waals surface area contributed by atoms with Crippen LogP contribution >= 0.6 is 0 Å². The Morgan fingerprint density at radius 3 is 1.37 bits per heavy atom. The lowest BCUT2D eigenvalue weighted by atomic mass is 10.0. The fraction of sp³-hybridized carbons (Fsp3) is 0.844. The zero-order valence-electron chi connectivity index (χ0n) is 23.4. The highest BCUT2D eigenvalue weighted by atomic mass is 16.6. The molecule has 0 saturated carbocycles. The van der Waals surface area contributed by atoms with Crippen LogP contribution in [0.25, 0.3) is 0 Å². The molecule has 0 radical (unpaired) electrons. The number of hydrogen-bond acceptors (Lipinski definition) is 3. The number of carbonyl (C=O) groups excluding carboxylic acids is 1. The van der Waals surface area contributed by atoms with E-state index < -0.39 is 0 Å². The minimum Gasteiger partial charge on any atom is -0.463 e. The van der Waals surface area contributed by atoms with Gasteiger partial charge >= 0.3 is 5.97 Å². The maximum Gasteiger partial charge on any atom is 0.305 e. The molecule has 0 unspecified atom stereocenters. The number of carbonyl (C=O) groups is 1. The molecule has 0 aliphatic carbocycles. The molecule has 3 nitrogen and oxygen atoms in total. The summed E-state index contributed by atoms with van der Waals surface area (Å²) in [6.45, 7) is 3.13. The lowest BCUT2D eigenvalue weighted by molar-refractivity contribution is -0.145. The zero-order chi connectivity index (χ0) is 25.5. The second kappa shape index (κ2) is 30.6. The molecule has 0 heterocycles. The highest BCUT2D eigenvalue weighted by molar-refractivity contribution is 5.69. The van der Waals surface area contributed by atoms with E-state index in [0.717, 1.165) is 25.7 Å². The van der Waals surface area contributed by atoms with Gasteiger partial charge in [-0.05, 0) is 31.1 Å². The fourth-order valence-corrected chi connectivity index (χ4v) is 4.12. The highest BCUT2D eigenvalue weighted by Gasteiger charge is 2.02. The van der Waals surface area contributed by atoms with Gasteiger partial charge in [-0.3, -0.25) is 4.79 Å². The van der Waals surface area contributed by atoms with E-state index in [1.807, 2.05) is 0 Å². The van der Waals surface area contributed by atoms with Crippen LogP contribution in [-0.2, 0) is 14.3 Å². The van der Waals surface area contributed by atoms with Gasteiger partial charge in [-0.25, -0.2) is 0 Å². The van der Waals surface area contributed by atoms with Crippen molar-refractivity contribution in [2.75, 3.05) is 20.3 Å². The lowest BCUT2D eigenvalue weighted by Gasteiger charge is -2.04. The van der Waals surface area contributed by atoms with Crippen molar-refractivity contribution in [1.82, 2.24) is 0 Å². The van der Waals surface area contributed by atoms with Crippen molar-refractivity contribution in [3.63, 3.8) is 0 Å². The van der Waals surface area contributed by atoms with Crippen molar-refractivity contribution < 1.29 is 14.3 Å². The van der Waals surface area contributed by atoms with Gasteiger partial charge in [-0.2, -0.15) is 0 Å². The molecule has 202 valence electrons. The third kappa shape index (κ3) is 30.5. The quantitative estimate of drug-likeness (QED) is 0.0730. The molecule has 0 spiro atoms. The van der Waals surface area contributed by atoms with Crippen LogP contribution in [0.5, 0.6) is 0 Å². The first-order valence-corrected chi connectivity index (χ1v) is 14.9. The Morgan fingerprint density at radius 1 is 0.543 bits per heavy atom. The van der Waals surface area contributed by atoms with Crippen molar-refractivity contribution >= 4 is 5.97 Å². The SMILES string of the molecule is CCCCCCCCCCCCCCC#CC#CCCCCCCCCCCC(=O)OCCOC. The molecule has 0 atom stereocenters. The molecule has 0 rings (SSSR count). The predicted octanol–water partition coefficient (Wildman–Crippen LogP) is 9.18. The van der Waals surface area contributed by atoms with Crippen LogP contribution in [0.1, 0.15) is 155 Å². The van der Waals surface area contributed by atoms with Crippen LogP contribution < -0.4 is 0 Å². The van der Waals surface area contributed by atoms with E-state index in [2.05, 4.69) is 30.6 Å². The van der Waals surface area contributed by atoms with Crippen LogP contribution in [0.2, 0.25) is 0 Å². The molecule has 0 aliphatic heterocycles. The van der Waals surface area contributed by atoms with E-state index in [1.54, 1.807) is 7.11 Å². The third-order valence-electron chi connectivity index (χ3n) is 6.38. The third-order valence-corrected chi connectivity index (χ3v) is 6.38. The van der Waals surface area contributed by atoms with Gasteiger partial charge in [0.05, 0.1) is 6.61 Å². The summed E-state index contributed by atoms with van der Waals surface area (Å²) in [6.07, 6.45) is 28.7. The molecule has 0 fully saturated rings. The lowest BCUT2D eigenvalue weighted by Crippen LogP contribution is -2.09. The van der Waals surface area contributed by atoms with Crippen LogP contribution in [0.15, 0.2) is 0 Å². The average Bonchev–Trinajstić information content (AvgIpc) is 2.86. The molecule has 0 aliphatic rings. The maximum absolute atomic E-state index is 11.5. The number of hydrogen-bond donors (Lipinski definition) is 0. The van der Waals surface area contributed by atoms with Crippen molar-refractivity contribution in [3.8, 4) is 23.7 Å². The van der Waals surface area contributed by atoms with Gasteiger partial charge in [0, 0.05) is 26.4 Å².